The first kappa shape index (κ1) is 14.6. The molecule has 18 heavy (non-hydrogen) atoms. The second-order valence-corrected chi connectivity index (χ2v) is 5.65. The molecule has 1 amide bonds. The monoisotopic (exact) mass is 271 g/mol. The van der Waals surface area contributed by atoms with Gasteiger partial charge in [-0.2, -0.15) is 0 Å². The van der Waals surface area contributed by atoms with Crippen LogP contribution in [0.15, 0.2) is 23.1 Å². The van der Waals surface area contributed by atoms with E-state index in [1.165, 1.54) is 6.07 Å². The van der Waals surface area contributed by atoms with Crippen LogP contribution in [0.25, 0.3) is 0 Å². The van der Waals surface area contributed by atoms with Crippen LogP contribution in [0.5, 0.6) is 0 Å². The molecule has 0 spiro atoms. The van der Waals surface area contributed by atoms with E-state index in [0.717, 1.165) is 5.56 Å². The molecular weight excluding hydrogens is 254 g/mol. The summed E-state index contributed by atoms with van der Waals surface area (Å²) in [6.07, 6.45) is -0.0329. The molecule has 5 N–H and O–H groups in total. The Labute approximate surface area is 106 Å². The van der Waals surface area contributed by atoms with Gasteiger partial charge in [0.05, 0.1) is 4.90 Å². The van der Waals surface area contributed by atoms with Gasteiger partial charge in [0.2, 0.25) is 15.9 Å². The first-order valence-electron chi connectivity index (χ1n) is 5.44. The van der Waals surface area contributed by atoms with Crippen LogP contribution in [-0.2, 0) is 21.4 Å². The van der Waals surface area contributed by atoms with Gasteiger partial charge in [-0.25, -0.2) is 13.1 Å². The average Bonchev–Trinajstić information content (AvgIpc) is 2.28. The van der Waals surface area contributed by atoms with Gasteiger partial charge in [-0.1, -0.05) is 12.1 Å². The fraction of sp³-hybridized carbons (Fsp3) is 0.364. The third-order valence-corrected chi connectivity index (χ3v) is 4.04. The van der Waals surface area contributed by atoms with Gasteiger partial charge in [-0.05, 0) is 24.1 Å². The molecule has 0 saturated heterocycles. The minimum Gasteiger partial charge on any atom is -0.370 e. The van der Waals surface area contributed by atoms with Crippen LogP contribution in [0.1, 0.15) is 17.5 Å². The Morgan fingerprint density at radius 3 is 2.61 bits per heavy atom. The van der Waals surface area contributed by atoms with Gasteiger partial charge in [-0.15, -0.1) is 0 Å². The highest BCUT2D eigenvalue weighted by Crippen LogP contribution is 2.16. The predicted octanol–water partition coefficient (Wildman–Crippen LogP) is -0.393. The van der Waals surface area contributed by atoms with Crippen LogP contribution < -0.4 is 16.2 Å². The SMILES string of the molecule is Cc1ccc(CN)cc1S(=O)(=O)NCCC(N)=O. The fourth-order valence-electron chi connectivity index (χ4n) is 1.45. The van der Waals surface area contributed by atoms with Crippen LogP contribution >= 0.6 is 0 Å². The Balaban J connectivity index is 2.93. The Bertz CT molecular complexity index is 540. The molecule has 0 heterocycles. The first-order chi connectivity index (χ1) is 8.36. The molecule has 0 fully saturated rings. The quantitative estimate of drug-likeness (QED) is 0.653. The van der Waals surface area contributed by atoms with Gasteiger partial charge < -0.3 is 11.5 Å². The number of sulfonamides is 1. The van der Waals surface area contributed by atoms with E-state index < -0.39 is 15.9 Å². The number of amides is 1. The number of aryl methyl sites for hydroxylation is 1. The van der Waals surface area contributed by atoms with Crippen LogP contribution in [0, 0.1) is 6.92 Å². The Kier molecular flexibility index (Phi) is 4.83. The number of hydrogen-bond acceptors (Lipinski definition) is 4. The van der Waals surface area contributed by atoms with Crippen molar-refractivity contribution in [1.82, 2.24) is 4.72 Å². The zero-order valence-electron chi connectivity index (χ0n) is 10.1. The number of hydrogen-bond donors (Lipinski definition) is 3. The summed E-state index contributed by atoms with van der Waals surface area (Å²) in [4.78, 5) is 10.7. The summed E-state index contributed by atoms with van der Waals surface area (Å²) in [7, 11) is -3.63. The third kappa shape index (κ3) is 3.80. The highest BCUT2D eigenvalue weighted by atomic mass is 32.2. The minimum atomic E-state index is -3.63. The number of primary amides is 1. The zero-order chi connectivity index (χ0) is 13.8. The van der Waals surface area contributed by atoms with Gasteiger partial charge in [0, 0.05) is 19.5 Å². The molecular formula is C11H17N3O3S. The van der Waals surface area contributed by atoms with E-state index in [1.807, 2.05) is 0 Å². The topological polar surface area (TPSA) is 115 Å². The highest BCUT2D eigenvalue weighted by molar-refractivity contribution is 7.89. The van der Waals surface area contributed by atoms with Crippen LogP contribution in [0.4, 0.5) is 0 Å². The van der Waals surface area contributed by atoms with E-state index in [1.54, 1.807) is 19.1 Å². The molecule has 0 unspecified atom stereocenters. The molecule has 7 heteroatoms. The van der Waals surface area contributed by atoms with Crippen LogP contribution in [0.3, 0.4) is 0 Å². The van der Waals surface area contributed by atoms with E-state index in [-0.39, 0.29) is 24.4 Å². The smallest absolute Gasteiger partial charge is 0.240 e. The zero-order valence-corrected chi connectivity index (χ0v) is 11.0. The molecule has 0 atom stereocenters. The van der Waals surface area contributed by atoms with Gasteiger partial charge in [0.25, 0.3) is 0 Å². The molecule has 1 aromatic rings. The molecule has 0 saturated carbocycles. The summed E-state index contributed by atoms with van der Waals surface area (Å²) in [6.45, 7) is 1.96. The van der Waals surface area contributed by atoms with Gasteiger partial charge in [-0.3, -0.25) is 4.79 Å². The molecule has 0 aliphatic carbocycles. The van der Waals surface area contributed by atoms with Crippen molar-refractivity contribution in [3.8, 4) is 0 Å². The maximum Gasteiger partial charge on any atom is 0.240 e. The van der Waals surface area contributed by atoms with Gasteiger partial charge in [0.15, 0.2) is 0 Å². The van der Waals surface area contributed by atoms with Crippen molar-refractivity contribution in [2.24, 2.45) is 11.5 Å². The average molecular weight is 271 g/mol. The number of benzene rings is 1. The lowest BCUT2D eigenvalue weighted by molar-refractivity contribution is -0.117. The Morgan fingerprint density at radius 1 is 1.39 bits per heavy atom. The maximum absolute atomic E-state index is 12.0. The van der Waals surface area contributed by atoms with Crippen molar-refractivity contribution >= 4 is 15.9 Å². The third-order valence-electron chi connectivity index (χ3n) is 2.44. The second kappa shape index (κ2) is 5.94. The molecule has 6 nitrogen and oxygen atoms in total. The molecule has 0 bridgehead atoms. The molecule has 1 aromatic carbocycles. The molecule has 1 rings (SSSR count). The Morgan fingerprint density at radius 2 is 2.06 bits per heavy atom. The standard InChI is InChI=1S/C11H17N3O3S/c1-8-2-3-9(7-12)6-10(8)18(16,17)14-5-4-11(13)15/h2-3,6,14H,4-5,7,12H2,1H3,(H2,13,15). The summed E-state index contributed by atoms with van der Waals surface area (Å²) in [5, 5.41) is 0. The summed E-state index contributed by atoms with van der Waals surface area (Å²) in [5.41, 5.74) is 11.8. The lowest BCUT2D eigenvalue weighted by Gasteiger charge is -2.10. The summed E-state index contributed by atoms with van der Waals surface area (Å²) >= 11 is 0. The van der Waals surface area contributed by atoms with Crippen LogP contribution in [-0.4, -0.2) is 20.9 Å². The number of nitrogens with two attached hydrogens (primary N) is 2. The second-order valence-electron chi connectivity index (χ2n) is 3.92. The highest BCUT2D eigenvalue weighted by Gasteiger charge is 2.16. The lowest BCUT2D eigenvalue weighted by atomic mass is 10.1. The number of rotatable bonds is 6. The molecule has 0 aliphatic rings. The summed E-state index contributed by atoms with van der Waals surface area (Å²) in [6, 6.07) is 5.00. The van der Waals surface area contributed by atoms with E-state index in [9.17, 15) is 13.2 Å². The maximum atomic E-state index is 12.0. The van der Waals surface area contributed by atoms with E-state index >= 15 is 0 Å². The van der Waals surface area contributed by atoms with E-state index in [4.69, 9.17) is 11.5 Å². The van der Waals surface area contributed by atoms with Gasteiger partial charge >= 0.3 is 0 Å². The first-order valence-corrected chi connectivity index (χ1v) is 6.92. The normalized spacial score (nSPS) is 11.4. The molecule has 100 valence electrons. The minimum absolute atomic E-state index is 0.00996. The number of carbonyl (C=O) groups excluding carboxylic acids is 1. The number of nitrogens with one attached hydrogen (secondary N) is 1. The lowest BCUT2D eigenvalue weighted by Crippen LogP contribution is -2.28. The fourth-order valence-corrected chi connectivity index (χ4v) is 2.77. The molecule has 0 aromatic heterocycles. The van der Waals surface area contributed by atoms with Crippen LogP contribution in [0.2, 0.25) is 0 Å². The summed E-state index contributed by atoms with van der Waals surface area (Å²) in [5.74, 6) is -0.551. The van der Waals surface area contributed by atoms with Crippen molar-refractivity contribution in [1.29, 1.82) is 0 Å². The molecule has 0 radical (unpaired) electrons. The van der Waals surface area contributed by atoms with Crippen molar-refractivity contribution in [3.05, 3.63) is 29.3 Å². The van der Waals surface area contributed by atoms with Gasteiger partial charge in [0.1, 0.15) is 0 Å². The van der Waals surface area contributed by atoms with E-state index in [0.29, 0.717) is 5.56 Å². The van der Waals surface area contributed by atoms with Crippen molar-refractivity contribution in [2.45, 2.75) is 24.8 Å². The van der Waals surface area contributed by atoms with Crippen molar-refractivity contribution in [2.75, 3.05) is 6.54 Å². The molecule has 0 aliphatic heterocycles. The largest absolute Gasteiger partial charge is 0.370 e. The predicted molar refractivity (Wildman–Crippen MR) is 68.1 cm³/mol. The van der Waals surface area contributed by atoms with Crippen molar-refractivity contribution < 1.29 is 13.2 Å². The summed E-state index contributed by atoms with van der Waals surface area (Å²) < 4.78 is 26.3. The van der Waals surface area contributed by atoms with Crippen molar-refractivity contribution in [3.63, 3.8) is 0 Å². The Hall–Kier alpha value is -1.44. The van der Waals surface area contributed by atoms with E-state index in [2.05, 4.69) is 4.72 Å². The number of carbonyl (C=O) groups is 1.